The summed E-state index contributed by atoms with van der Waals surface area (Å²) >= 11 is 2.35. The van der Waals surface area contributed by atoms with Gasteiger partial charge in [0.25, 0.3) is 0 Å². The Morgan fingerprint density at radius 3 is 2.93 bits per heavy atom. The lowest BCUT2D eigenvalue weighted by molar-refractivity contribution is 1.20. The van der Waals surface area contributed by atoms with Crippen molar-refractivity contribution in [3.63, 3.8) is 0 Å². The average molecular weight is 294 g/mol. The van der Waals surface area contributed by atoms with E-state index in [-0.39, 0.29) is 0 Å². The largest absolute Gasteiger partial charge is 0.307 e. The van der Waals surface area contributed by atoms with E-state index >= 15 is 0 Å². The van der Waals surface area contributed by atoms with E-state index in [4.69, 9.17) is 0 Å². The third kappa shape index (κ3) is 1.05. The molecule has 0 aliphatic rings. The first-order chi connectivity index (χ1) is 6.86. The molecule has 3 heteroatoms. The van der Waals surface area contributed by atoms with E-state index in [9.17, 15) is 0 Å². The summed E-state index contributed by atoms with van der Waals surface area (Å²) in [7, 11) is 0. The maximum absolute atomic E-state index is 4.35. The van der Waals surface area contributed by atoms with Crippen LogP contribution < -0.4 is 0 Å². The monoisotopic (exact) mass is 294 g/mol. The van der Waals surface area contributed by atoms with Crippen LogP contribution in [0.2, 0.25) is 0 Å². The van der Waals surface area contributed by atoms with Crippen molar-refractivity contribution in [2.75, 3.05) is 0 Å². The first-order valence-corrected chi connectivity index (χ1v) is 5.44. The van der Waals surface area contributed by atoms with E-state index in [1.807, 2.05) is 23.0 Å². The van der Waals surface area contributed by atoms with Crippen molar-refractivity contribution in [1.29, 1.82) is 0 Å². The zero-order valence-corrected chi connectivity index (χ0v) is 9.47. The number of halogens is 1. The number of pyridine rings is 1. The van der Waals surface area contributed by atoms with Crippen LogP contribution in [0, 0.1) is 3.57 Å². The summed E-state index contributed by atoms with van der Waals surface area (Å²) in [6, 6.07) is 8.42. The fourth-order valence-corrected chi connectivity index (χ4v) is 2.38. The highest BCUT2D eigenvalue weighted by Crippen LogP contribution is 2.23. The van der Waals surface area contributed by atoms with Gasteiger partial charge in [0, 0.05) is 32.9 Å². The molecule has 0 N–H and O–H groups in total. The summed E-state index contributed by atoms with van der Waals surface area (Å²) < 4.78 is 3.31. The molecule has 14 heavy (non-hydrogen) atoms. The Bertz CT molecular complexity index is 613. The second-order valence-electron chi connectivity index (χ2n) is 3.17. The summed E-state index contributed by atoms with van der Waals surface area (Å²) in [6.07, 6.45) is 5.84. The molecule has 3 aromatic rings. The number of fused-ring (bicyclic) bond motifs is 3. The molecule has 0 aliphatic heterocycles. The Morgan fingerprint density at radius 2 is 2.00 bits per heavy atom. The maximum Gasteiger partial charge on any atom is 0.144 e. The minimum absolute atomic E-state index is 1.03. The topological polar surface area (TPSA) is 17.3 Å². The van der Waals surface area contributed by atoms with E-state index in [0.717, 1.165) is 5.65 Å². The van der Waals surface area contributed by atoms with E-state index < -0.39 is 0 Å². The van der Waals surface area contributed by atoms with Crippen LogP contribution in [0.15, 0.2) is 42.9 Å². The number of hydrogen-bond donors (Lipinski definition) is 0. The van der Waals surface area contributed by atoms with Gasteiger partial charge in [0.2, 0.25) is 0 Å². The van der Waals surface area contributed by atoms with Crippen molar-refractivity contribution in [1.82, 2.24) is 9.38 Å². The number of imidazole rings is 1. The molecule has 2 nitrogen and oxygen atoms in total. The molecule has 0 fully saturated rings. The van der Waals surface area contributed by atoms with Crippen LogP contribution in [-0.2, 0) is 0 Å². The predicted molar refractivity (Wildman–Crippen MR) is 65.4 cm³/mol. The van der Waals surface area contributed by atoms with Crippen molar-refractivity contribution in [3.05, 3.63) is 46.4 Å². The van der Waals surface area contributed by atoms with Gasteiger partial charge in [0.1, 0.15) is 5.65 Å². The molecular formula is C11H7IN2. The normalized spacial score (nSPS) is 11.2. The van der Waals surface area contributed by atoms with Crippen molar-refractivity contribution in [2.45, 2.75) is 0 Å². The van der Waals surface area contributed by atoms with Crippen molar-refractivity contribution in [3.8, 4) is 0 Å². The Balaban J connectivity index is 2.64. The quantitative estimate of drug-likeness (QED) is 0.582. The SMILES string of the molecule is Ic1cccc2c1ccn1ccnc21. The van der Waals surface area contributed by atoms with E-state index in [2.05, 4.69) is 51.8 Å². The Labute approximate surface area is 94.7 Å². The van der Waals surface area contributed by atoms with Gasteiger partial charge in [-0.2, -0.15) is 0 Å². The second-order valence-corrected chi connectivity index (χ2v) is 4.34. The summed E-state index contributed by atoms with van der Waals surface area (Å²) in [5.41, 5.74) is 1.03. The molecule has 3 rings (SSSR count). The molecule has 0 atom stereocenters. The van der Waals surface area contributed by atoms with Crippen LogP contribution in [0.1, 0.15) is 0 Å². The summed E-state index contributed by atoms with van der Waals surface area (Å²) in [4.78, 5) is 4.35. The summed E-state index contributed by atoms with van der Waals surface area (Å²) in [5.74, 6) is 0. The van der Waals surface area contributed by atoms with Crippen molar-refractivity contribution >= 4 is 39.0 Å². The van der Waals surface area contributed by atoms with Crippen LogP contribution in [0.3, 0.4) is 0 Å². The lowest BCUT2D eigenvalue weighted by Gasteiger charge is -2.01. The number of nitrogens with zero attached hydrogens (tertiary/aromatic N) is 2. The molecule has 2 aromatic heterocycles. The molecule has 2 heterocycles. The lowest BCUT2D eigenvalue weighted by atomic mass is 10.2. The first kappa shape index (κ1) is 8.23. The minimum Gasteiger partial charge on any atom is -0.307 e. The molecular weight excluding hydrogens is 287 g/mol. The third-order valence-electron chi connectivity index (χ3n) is 2.36. The molecule has 0 radical (unpaired) electrons. The van der Waals surface area contributed by atoms with Crippen LogP contribution in [0.4, 0.5) is 0 Å². The zero-order valence-electron chi connectivity index (χ0n) is 7.31. The highest BCUT2D eigenvalue weighted by Gasteiger charge is 2.02. The molecule has 0 spiro atoms. The molecule has 1 aromatic carbocycles. The highest BCUT2D eigenvalue weighted by molar-refractivity contribution is 14.1. The van der Waals surface area contributed by atoms with Gasteiger partial charge in [-0.3, -0.25) is 0 Å². The molecule has 0 amide bonds. The molecule has 0 saturated carbocycles. The van der Waals surface area contributed by atoms with E-state index in [0.29, 0.717) is 0 Å². The van der Waals surface area contributed by atoms with E-state index in [1.54, 1.807) is 0 Å². The van der Waals surface area contributed by atoms with Crippen molar-refractivity contribution in [2.24, 2.45) is 0 Å². The molecule has 68 valence electrons. The fourth-order valence-electron chi connectivity index (χ4n) is 1.70. The predicted octanol–water partition coefficient (Wildman–Crippen LogP) is 3.09. The minimum atomic E-state index is 1.03. The molecule has 0 bridgehead atoms. The lowest BCUT2D eigenvalue weighted by Crippen LogP contribution is -1.85. The number of rotatable bonds is 0. The highest BCUT2D eigenvalue weighted by atomic mass is 127. The zero-order chi connectivity index (χ0) is 9.54. The Morgan fingerprint density at radius 1 is 1.07 bits per heavy atom. The average Bonchev–Trinajstić information content (AvgIpc) is 2.66. The van der Waals surface area contributed by atoms with Gasteiger partial charge in [-0.15, -0.1) is 0 Å². The third-order valence-corrected chi connectivity index (χ3v) is 3.30. The van der Waals surface area contributed by atoms with Gasteiger partial charge in [0.05, 0.1) is 0 Å². The fraction of sp³-hybridized carbons (Fsp3) is 0. The second kappa shape index (κ2) is 2.95. The van der Waals surface area contributed by atoms with Crippen LogP contribution in [-0.4, -0.2) is 9.38 Å². The van der Waals surface area contributed by atoms with Crippen molar-refractivity contribution < 1.29 is 0 Å². The first-order valence-electron chi connectivity index (χ1n) is 4.36. The van der Waals surface area contributed by atoms with Gasteiger partial charge < -0.3 is 4.40 Å². The number of aromatic nitrogens is 2. The number of benzene rings is 1. The van der Waals surface area contributed by atoms with Crippen LogP contribution >= 0.6 is 22.6 Å². The van der Waals surface area contributed by atoms with Gasteiger partial charge in [-0.25, -0.2) is 4.98 Å². The molecule has 0 unspecified atom stereocenters. The van der Waals surface area contributed by atoms with Gasteiger partial charge >= 0.3 is 0 Å². The molecule has 0 aliphatic carbocycles. The smallest absolute Gasteiger partial charge is 0.144 e. The Kier molecular flexibility index (Phi) is 1.73. The summed E-state index contributed by atoms with van der Waals surface area (Å²) in [6.45, 7) is 0. The van der Waals surface area contributed by atoms with Crippen LogP contribution in [0.5, 0.6) is 0 Å². The van der Waals surface area contributed by atoms with Gasteiger partial charge in [-0.1, -0.05) is 12.1 Å². The maximum atomic E-state index is 4.35. The Hall–Kier alpha value is -1.10. The standard InChI is InChI=1S/C11H7IN2/c12-10-3-1-2-9-8(10)4-6-14-7-5-13-11(9)14/h1-7H. The molecule has 0 saturated heterocycles. The van der Waals surface area contributed by atoms with Crippen LogP contribution in [0.25, 0.3) is 16.4 Å². The van der Waals surface area contributed by atoms with E-state index in [1.165, 1.54) is 14.3 Å². The number of hydrogen-bond acceptors (Lipinski definition) is 1. The van der Waals surface area contributed by atoms with Gasteiger partial charge in [0.15, 0.2) is 0 Å². The van der Waals surface area contributed by atoms with Gasteiger partial charge in [-0.05, 0) is 34.7 Å². The summed E-state index contributed by atoms with van der Waals surface area (Å²) in [5, 5.41) is 2.48.